The zero-order chi connectivity index (χ0) is 26.5. The van der Waals surface area contributed by atoms with Crippen LogP contribution in [0.5, 0.6) is 0 Å². The summed E-state index contributed by atoms with van der Waals surface area (Å²) in [6.45, 7) is 33.0. The van der Waals surface area contributed by atoms with Crippen LogP contribution in [0.4, 0.5) is 0 Å². The molecule has 2 radical (unpaired) electrons. The highest BCUT2D eigenvalue weighted by Gasteiger charge is 2.60. The van der Waals surface area contributed by atoms with Crippen LogP contribution in [0.25, 0.3) is 0 Å². The highest BCUT2D eigenvalue weighted by molar-refractivity contribution is 6.75. The molecule has 0 aromatic carbocycles. The molecule has 0 aliphatic carbocycles. The Bertz CT molecular complexity index is 732. The van der Waals surface area contributed by atoms with Crippen LogP contribution in [0, 0.1) is 11.3 Å². The van der Waals surface area contributed by atoms with Gasteiger partial charge in [-0.15, -0.1) is 0 Å². The van der Waals surface area contributed by atoms with Crippen molar-refractivity contribution in [3.05, 3.63) is 0 Å². The van der Waals surface area contributed by atoms with E-state index in [-0.39, 0.29) is 21.7 Å². The Hall–Kier alpha value is 0.0456. The SMILES string of the molecule is [B][C@@H]1O[C@](C#N)(CO[Si](C)(C)C(C)(C)C)[C@H](O[Si](C)(C)C(C)(C)C)[C@H]1O[Si](C)(C)C(C)(C)C. The number of hydrogen-bond donors (Lipinski definition) is 0. The maximum atomic E-state index is 10.5. The standard InChI is InChI=1S/C24H50BNO4Si3/c1-21(2,3)31(10,11)27-17-24(16-26)19(30-33(14,15)23(7,8)9)18(20(25)28-24)29-32(12,13)22(4,5)6/h18-20H,17H2,1-15H3/t18-,19-,20-,24-/m1/s1. The van der Waals surface area contributed by atoms with Gasteiger partial charge in [0, 0.05) is 6.00 Å². The highest BCUT2D eigenvalue weighted by Crippen LogP contribution is 2.46. The lowest BCUT2D eigenvalue weighted by molar-refractivity contribution is -0.0515. The summed E-state index contributed by atoms with van der Waals surface area (Å²) in [7, 11) is -0.0708. The first-order chi connectivity index (χ1) is 14.3. The molecule has 9 heteroatoms. The fourth-order valence-electron chi connectivity index (χ4n) is 2.86. The zero-order valence-electron chi connectivity index (χ0n) is 24.1. The van der Waals surface area contributed by atoms with Crippen LogP contribution >= 0.6 is 0 Å². The van der Waals surface area contributed by atoms with Crippen molar-refractivity contribution in [3.63, 3.8) is 0 Å². The van der Waals surface area contributed by atoms with Crippen LogP contribution in [0.1, 0.15) is 62.3 Å². The molecule has 0 aromatic rings. The quantitative estimate of drug-likeness (QED) is 0.362. The first-order valence-corrected chi connectivity index (χ1v) is 20.9. The van der Waals surface area contributed by atoms with Crippen LogP contribution in [-0.4, -0.2) is 63.2 Å². The minimum Gasteiger partial charge on any atom is -0.413 e. The summed E-state index contributed by atoms with van der Waals surface area (Å²) in [5.41, 5.74) is -1.31. The second-order valence-corrected chi connectivity index (χ2v) is 28.6. The third kappa shape index (κ3) is 6.63. The van der Waals surface area contributed by atoms with E-state index in [0.717, 1.165) is 0 Å². The molecule has 1 fully saturated rings. The number of hydrogen-bond acceptors (Lipinski definition) is 5. The molecule has 1 aliphatic rings. The van der Waals surface area contributed by atoms with Gasteiger partial charge >= 0.3 is 0 Å². The van der Waals surface area contributed by atoms with Crippen LogP contribution in [0.3, 0.4) is 0 Å². The minimum absolute atomic E-state index is 0.0101. The Morgan fingerprint density at radius 3 is 1.55 bits per heavy atom. The summed E-state index contributed by atoms with van der Waals surface area (Å²) in [6.07, 6.45) is -1.14. The summed E-state index contributed by atoms with van der Waals surface area (Å²) in [6, 6.07) is 1.68. The summed E-state index contributed by atoms with van der Waals surface area (Å²) < 4.78 is 26.5. The monoisotopic (exact) mass is 511 g/mol. The Balaban J connectivity index is 3.49. The maximum Gasteiger partial charge on any atom is 0.202 e. The fourth-order valence-corrected chi connectivity index (χ4v) is 6.47. The van der Waals surface area contributed by atoms with Gasteiger partial charge in [-0.2, -0.15) is 5.26 Å². The predicted octanol–water partition coefficient (Wildman–Crippen LogP) is 6.58. The summed E-state index contributed by atoms with van der Waals surface area (Å²) >= 11 is 0. The average Bonchev–Trinajstić information content (AvgIpc) is 2.82. The van der Waals surface area contributed by atoms with Crippen molar-refractivity contribution in [1.29, 1.82) is 5.26 Å². The molecule has 0 amide bonds. The smallest absolute Gasteiger partial charge is 0.202 e. The summed E-state index contributed by atoms with van der Waals surface area (Å²) in [5.74, 6) is 0. The number of ether oxygens (including phenoxy) is 1. The Kier molecular flexibility index (Phi) is 8.94. The molecule has 190 valence electrons. The van der Waals surface area contributed by atoms with E-state index in [0.29, 0.717) is 0 Å². The maximum absolute atomic E-state index is 10.5. The molecule has 1 rings (SSSR count). The molecule has 1 heterocycles. The Labute approximate surface area is 209 Å². The van der Waals surface area contributed by atoms with Crippen molar-refractivity contribution in [2.24, 2.45) is 0 Å². The van der Waals surface area contributed by atoms with Gasteiger partial charge in [0.15, 0.2) is 25.0 Å². The van der Waals surface area contributed by atoms with Gasteiger partial charge in [-0.05, 0) is 54.4 Å². The van der Waals surface area contributed by atoms with Gasteiger partial charge in [0.25, 0.3) is 0 Å². The molecule has 1 aliphatic heterocycles. The van der Waals surface area contributed by atoms with Crippen molar-refractivity contribution in [2.75, 3.05) is 6.61 Å². The molecule has 1 saturated heterocycles. The molecule has 0 N–H and O–H groups in total. The summed E-state index contributed by atoms with van der Waals surface area (Å²) in [5, 5.41) is 10.4. The topological polar surface area (TPSA) is 60.7 Å². The van der Waals surface area contributed by atoms with Crippen molar-refractivity contribution in [2.45, 2.75) is 141 Å². The summed E-state index contributed by atoms with van der Waals surface area (Å²) in [4.78, 5) is 0. The molecule has 33 heavy (non-hydrogen) atoms. The molecule has 0 bridgehead atoms. The van der Waals surface area contributed by atoms with E-state index >= 15 is 0 Å². The van der Waals surface area contributed by atoms with E-state index in [1.165, 1.54) is 0 Å². The second-order valence-electron chi connectivity index (χ2n) is 14.3. The molecule has 0 saturated carbocycles. The van der Waals surface area contributed by atoms with Gasteiger partial charge in [0.2, 0.25) is 5.60 Å². The van der Waals surface area contributed by atoms with Gasteiger partial charge in [-0.3, -0.25) is 0 Å². The van der Waals surface area contributed by atoms with Crippen molar-refractivity contribution >= 4 is 32.8 Å². The molecule has 0 unspecified atom stereocenters. The van der Waals surface area contributed by atoms with Gasteiger partial charge < -0.3 is 18.0 Å². The Morgan fingerprint density at radius 1 is 0.788 bits per heavy atom. The van der Waals surface area contributed by atoms with E-state index in [4.69, 9.17) is 25.9 Å². The minimum atomic E-state index is -2.27. The Morgan fingerprint density at radius 2 is 1.18 bits per heavy atom. The lowest BCUT2D eigenvalue weighted by Gasteiger charge is -2.45. The van der Waals surface area contributed by atoms with Crippen molar-refractivity contribution < 1.29 is 18.0 Å². The average molecular weight is 512 g/mol. The number of nitriles is 1. The van der Waals surface area contributed by atoms with E-state index in [1.807, 2.05) is 0 Å². The number of rotatable bonds is 7. The normalized spacial score (nSPS) is 28.1. The molecule has 5 nitrogen and oxygen atoms in total. The van der Waals surface area contributed by atoms with Crippen LogP contribution in [0.2, 0.25) is 54.4 Å². The van der Waals surface area contributed by atoms with Crippen molar-refractivity contribution in [1.82, 2.24) is 0 Å². The third-order valence-corrected chi connectivity index (χ3v) is 21.9. The van der Waals surface area contributed by atoms with E-state index in [2.05, 4.69) is 108 Å². The lowest BCUT2D eigenvalue weighted by Crippen LogP contribution is -2.58. The fraction of sp³-hybridized carbons (Fsp3) is 0.958. The van der Waals surface area contributed by atoms with E-state index in [1.54, 1.807) is 0 Å². The first-order valence-electron chi connectivity index (χ1n) is 12.2. The third-order valence-electron chi connectivity index (χ3n) is 8.54. The van der Waals surface area contributed by atoms with Crippen LogP contribution in [-0.2, 0) is 18.0 Å². The van der Waals surface area contributed by atoms with Gasteiger partial charge in [-0.1, -0.05) is 62.3 Å². The molecule has 4 atom stereocenters. The molecular weight excluding hydrogens is 461 g/mol. The van der Waals surface area contributed by atoms with E-state index < -0.39 is 48.8 Å². The van der Waals surface area contributed by atoms with Gasteiger partial charge in [-0.25, -0.2) is 0 Å². The zero-order valence-corrected chi connectivity index (χ0v) is 27.1. The van der Waals surface area contributed by atoms with Crippen molar-refractivity contribution in [3.8, 4) is 6.07 Å². The number of nitrogens with zero attached hydrogens (tertiary/aromatic N) is 1. The predicted molar refractivity (Wildman–Crippen MR) is 146 cm³/mol. The lowest BCUT2D eigenvalue weighted by atomic mass is 9.90. The molecular formula is C24H50BNO4Si3. The highest BCUT2D eigenvalue weighted by atomic mass is 28.4. The molecule has 0 spiro atoms. The van der Waals surface area contributed by atoms with E-state index in [9.17, 15) is 5.26 Å². The van der Waals surface area contributed by atoms with Crippen LogP contribution in [0.15, 0.2) is 0 Å². The first kappa shape index (κ1) is 31.1. The largest absolute Gasteiger partial charge is 0.413 e. The van der Waals surface area contributed by atoms with Gasteiger partial charge in [0.1, 0.15) is 20.0 Å². The van der Waals surface area contributed by atoms with Gasteiger partial charge in [0.05, 0.1) is 12.7 Å². The second kappa shape index (κ2) is 9.49. The van der Waals surface area contributed by atoms with Crippen LogP contribution < -0.4 is 0 Å². The molecule has 0 aromatic heterocycles.